The van der Waals surface area contributed by atoms with E-state index in [-0.39, 0.29) is 29.6 Å². The molecule has 4 heteroatoms. The summed E-state index contributed by atoms with van der Waals surface area (Å²) in [5.41, 5.74) is 6.36. The summed E-state index contributed by atoms with van der Waals surface area (Å²) >= 11 is 0. The zero-order chi connectivity index (χ0) is 15.2. The number of nitrogens with two attached hydrogens (primary N) is 1. The van der Waals surface area contributed by atoms with E-state index >= 15 is 0 Å². The number of hydrogen-bond acceptors (Lipinski definition) is 2. The predicted molar refractivity (Wildman–Crippen MR) is 79.9 cm³/mol. The molecule has 3 nitrogen and oxygen atoms in total. The van der Waals surface area contributed by atoms with Crippen LogP contribution in [0.2, 0.25) is 0 Å². The first-order valence-corrected chi connectivity index (χ1v) is 7.22. The van der Waals surface area contributed by atoms with Gasteiger partial charge in [0.05, 0.1) is 0 Å². The van der Waals surface area contributed by atoms with Crippen molar-refractivity contribution >= 4 is 5.91 Å². The summed E-state index contributed by atoms with van der Waals surface area (Å²) in [7, 11) is 0. The number of hydrogen-bond donors (Lipinski definition) is 2. The fourth-order valence-electron chi connectivity index (χ4n) is 2.11. The van der Waals surface area contributed by atoms with E-state index in [9.17, 15) is 9.18 Å². The Morgan fingerprint density at radius 2 is 1.95 bits per heavy atom. The average molecular weight is 280 g/mol. The molecule has 0 aliphatic heterocycles. The topological polar surface area (TPSA) is 55.1 Å². The molecule has 112 valence electrons. The Balaban J connectivity index is 2.53. The van der Waals surface area contributed by atoms with E-state index in [0.717, 1.165) is 12.8 Å². The third-order valence-electron chi connectivity index (χ3n) is 3.97. The molecule has 1 rings (SSSR count). The SMILES string of the molecule is CCC(N)(CC)CNC(=O)CC(C)c1ccccc1F. The normalized spacial score (nSPS) is 13.1. The Hall–Kier alpha value is -1.42. The summed E-state index contributed by atoms with van der Waals surface area (Å²) < 4.78 is 13.6. The molecule has 0 bridgehead atoms. The van der Waals surface area contributed by atoms with E-state index < -0.39 is 0 Å². The Morgan fingerprint density at radius 3 is 2.50 bits per heavy atom. The molecule has 0 aliphatic rings. The van der Waals surface area contributed by atoms with Gasteiger partial charge in [-0.05, 0) is 30.4 Å². The van der Waals surface area contributed by atoms with Crippen molar-refractivity contribution in [2.75, 3.05) is 6.54 Å². The highest BCUT2D eigenvalue weighted by Gasteiger charge is 2.22. The van der Waals surface area contributed by atoms with Crippen LogP contribution in [-0.4, -0.2) is 18.0 Å². The predicted octanol–water partition coefficient (Wildman–Crippen LogP) is 2.95. The molecule has 0 heterocycles. The van der Waals surface area contributed by atoms with E-state index in [2.05, 4.69) is 5.32 Å². The maximum absolute atomic E-state index is 13.6. The molecule has 1 atom stereocenters. The quantitative estimate of drug-likeness (QED) is 0.807. The standard InChI is InChI=1S/C16H25FN2O/c1-4-16(18,5-2)11-19-15(20)10-12(3)13-8-6-7-9-14(13)17/h6-9,12H,4-5,10-11,18H2,1-3H3,(H,19,20). The lowest BCUT2D eigenvalue weighted by atomic mass is 9.93. The number of rotatable bonds is 7. The fraction of sp³-hybridized carbons (Fsp3) is 0.562. The monoisotopic (exact) mass is 280 g/mol. The van der Waals surface area contributed by atoms with Crippen LogP contribution in [0.5, 0.6) is 0 Å². The highest BCUT2D eigenvalue weighted by Crippen LogP contribution is 2.21. The van der Waals surface area contributed by atoms with Gasteiger partial charge >= 0.3 is 0 Å². The average Bonchev–Trinajstić information content (AvgIpc) is 2.45. The van der Waals surface area contributed by atoms with Gasteiger partial charge in [-0.2, -0.15) is 0 Å². The maximum atomic E-state index is 13.6. The van der Waals surface area contributed by atoms with Crippen molar-refractivity contribution < 1.29 is 9.18 Å². The van der Waals surface area contributed by atoms with Crippen molar-refractivity contribution in [1.82, 2.24) is 5.32 Å². The van der Waals surface area contributed by atoms with Crippen molar-refractivity contribution in [1.29, 1.82) is 0 Å². The first kappa shape index (κ1) is 16.6. The highest BCUT2D eigenvalue weighted by atomic mass is 19.1. The molecule has 0 spiro atoms. The number of carbonyl (C=O) groups is 1. The number of amides is 1. The molecule has 0 saturated carbocycles. The van der Waals surface area contributed by atoms with Crippen LogP contribution in [0.15, 0.2) is 24.3 Å². The summed E-state index contributed by atoms with van der Waals surface area (Å²) in [6.45, 7) is 6.34. The summed E-state index contributed by atoms with van der Waals surface area (Å²) in [4.78, 5) is 11.9. The third kappa shape index (κ3) is 4.60. The summed E-state index contributed by atoms with van der Waals surface area (Å²) in [6.07, 6.45) is 1.89. The molecule has 0 aliphatic carbocycles. The van der Waals surface area contributed by atoms with Gasteiger partial charge in [-0.15, -0.1) is 0 Å². The molecule has 3 N–H and O–H groups in total. The van der Waals surface area contributed by atoms with Crippen LogP contribution < -0.4 is 11.1 Å². The van der Waals surface area contributed by atoms with Crippen LogP contribution in [0.25, 0.3) is 0 Å². The minimum Gasteiger partial charge on any atom is -0.354 e. The van der Waals surface area contributed by atoms with Crippen LogP contribution in [0.3, 0.4) is 0 Å². The molecule has 0 saturated heterocycles. The largest absolute Gasteiger partial charge is 0.354 e. The Kier molecular flexibility index (Phi) is 6.14. The Labute approximate surface area is 120 Å². The zero-order valence-electron chi connectivity index (χ0n) is 12.6. The van der Waals surface area contributed by atoms with E-state index in [0.29, 0.717) is 12.1 Å². The van der Waals surface area contributed by atoms with Gasteiger partial charge in [-0.25, -0.2) is 4.39 Å². The summed E-state index contributed by atoms with van der Waals surface area (Å²) in [5, 5.41) is 2.86. The van der Waals surface area contributed by atoms with Gasteiger partial charge in [-0.3, -0.25) is 4.79 Å². The van der Waals surface area contributed by atoms with E-state index in [1.165, 1.54) is 6.07 Å². The van der Waals surface area contributed by atoms with Gasteiger partial charge in [0.25, 0.3) is 0 Å². The molecular formula is C16H25FN2O. The summed E-state index contributed by atoms with van der Waals surface area (Å²) in [5.74, 6) is -0.493. The van der Waals surface area contributed by atoms with Gasteiger partial charge in [0.15, 0.2) is 0 Å². The van der Waals surface area contributed by atoms with Gasteiger partial charge in [0.1, 0.15) is 5.82 Å². The van der Waals surface area contributed by atoms with E-state index in [4.69, 9.17) is 5.73 Å². The second-order valence-corrected chi connectivity index (χ2v) is 5.47. The van der Waals surface area contributed by atoms with Gasteiger partial charge in [0, 0.05) is 18.5 Å². The van der Waals surface area contributed by atoms with Crippen molar-refractivity contribution in [2.45, 2.75) is 51.5 Å². The van der Waals surface area contributed by atoms with Crippen LogP contribution >= 0.6 is 0 Å². The van der Waals surface area contributed by atoms with E-state index in [1.807, 2.05) is 20.8 Å². The first-order valence-electron chi connectivity index (χ1n) is 7.22. The lowest BCUT2D eigenvalue weighted by molar-refractivity contribution is -0.121. The minimum absolute atomic E-state index is 0.0857. The van der Waals surface area contributed by atoms with Crippen LogP contribution in [0, 0.1) is 5.82 Å². The van der Waals surface area contributed by atoms with Crippen LogP contribution in [-0.2, 0) is 4.79 Å². The minimum atomic E-state index is -0.350. The highest BCUT2D eigenvalue weighted by molar-refractivity contribution is 5.76. The van der Waals surface area contributed by atoms with Crippen molar-refractivity contribution in [3.05, 3.63) is 35.6 Å². The molecule has 0 radical (unpaired) electrons. The van der Waals surface area contributed by atoms with Crippen molar-refractivity contribution in [3.8, 4) is 0 Å². The maximum Gasteiger partial charge on any atom is 0.220 e. The molecule has 1 amide bonds. The van der Waals surface area contributed by atoms with Crippen molar-refractivity contribution in [2.24, 2.45) is 5.73 Å². The molecule has 0 fully saturated rings. The lowest BCUT2D eigenvalue weighted by Gasteiger charge is -2.27. The second-order valence-electron chi connectivity index (χ2n) is 5.47. The van der Waals surface area contributed by atoms with Gasteiger partial charge < -0.3 is 11.1 Å². The number of nitrogens with one attached hydrogen (secondary N) is 1. The zero-order valence-corrected chi connectivity index (χ0v) is 12.6. The third-order valence-corrected chi connectivity index (χ3v) is 3.97. The molecule has 1 aromatic carbocycles. The first-order chi connectivity index (χ1) is 9.41. The lowest BCUT2D eigenvalue weighted by Crippen LogP contribution is -2.49. The molecule has 1 unspecified atom stereocenters. The molecule has 1 aromatic rings. The molecule has 20 heavy (non-hydrogen) atoms. The Bertz CT molecular complexity index is 444. The van der Waals surface area contributed by atoms with E-state index in [1.54, 1.807) is 18.2 Å². The van der Waals surface area contributed by atoms with Crippen LogP contribution in [0.4, 0.5) is 4.39 Å². The Morgan fingerprint density at radius 1 is 1.35 bits per heavy atom. The van der Waals surface area contributed by atoms with Gasteiger partial charge in [-0.1, -0.05) is 39.0 Å². The van der Waals surface area contributed by atoms with Crippen LogP contribution in [0.1, 0.15) is 51.5 Å². The molecular weight excluding hydrogens is 255 g/mol. The van der Waals surface area contributed by atoms with Crippen molar-refractivity contribution in [3.63, 3.8) is 0 Å². The second kappa shape index (κ2) is 7.39. The molecule has 0 aromatic heterocycles. The number of carbonyl (C=O) groups excluding carboxylic acids is 1. The summed E-state index contributed by atoms with van der Waals surface area (Å²) in [6, 6.07) is 6.57. The number of benzene rings is 1. The van der Waals surface area contributed by atoms with Gasteiger partial charge in [0.2, 0.25) is 5.91 Å². The smallest absolute Gasteiger partial charge is 0.220 e. The number of halogens is 1. The fourth-order valence-corrected chi connectivity index (χ4v) is 2.11.